The minimum atomic E-state index is -3.68. The summed E-state index contributed by atoms with van der Waals surface area (Å²) in [4.78, 5) is 10.9. The van der Waals surface area contributed by atoms with E-state index in [-0.39, 0.29) is 18.6 Å². The average Bonchev–Trinajstić information content (AvgIpc) is 2.65. The maximum absolute atomic E-state index is 12.7. The van der Waals surface area contributed by atoms with Gasteiger partial charge in [0, 0.05) is 19.6 Å². The summed E-state index contributed by atoms with van der Waals surface area (Å²) in [5.41, 5.74) is 1.72. The Balaban J connectivity index is 2.09. The van der Waals surface area contributed by atoms with Gasteiger partial charge in [0.2, 0.25) is 10.0 Å². The molecule has 2 rings (SSSR count). The Morgan fingerprint density at radius 1 is 1.07 bits per heavy atom. The van der Waals surface area contributed by atoms with Gasteiger partial charge < -0.3 is 9.84 Å². The Morgan fingerprint density at radius 3 is 2.22 bits per heavy atom. The van der Waals surface area contributed by atoms with E-state index in [4.69, 9.17) is 9.84 Å². The summed E-state index contributed by atoms with van der Waals surface area (Å²) >= 11 is 0. The predicted molar refractivity (Wildman–Crippen MR) is 104 cm³/mol. The molecule has 0 saturated carbocycles. The maximum Gasteiger partial charge on any atom is 0.303 e. The van der Waals surface area contributed by atoms with Crippen molar-refractivity contribution in [3.63, 3.8) is 0 Å². The van der Waals surface area contributed by atoms with Gasteiger partial charge in [-0.3, -0.25) is 4.79 Å². The van der Waals surface area contributed by atoms with Gasteiger partial charge in [-0.05, 0) is 24.0 Å². The van der Waals surface area contributed by atoms with Crippen LogP contribution in [0.3, 0.4) is 0 Å². The van der Waals surface area contributed by atoms with Crippen LogP contribution < -0.4 is 4.72 Å². The highest BCUT2D eigenvalue weighted by Gasteiger charge is 2.24. The van der Waals surface area contributed by atoms with Gasteiger partial charge in [-0.1, -0.05) is 60.7 Å². The lowest BCUT2D eigenvalue weighted by atomic mass is 10.0. The van der Waals surface area contributed by atoms with Crippen LogP contribution in [0.4, 0.5) is 0 Å². The Hall–Kier alpha value is -2.22. The first-order chi connectivity index (χ1) is 12.9. The standard InChI is InChI=1S/C20H25NO5S/c1-26-19(17-10-6-3-7-11-17)15-27(24,25)21-18(12-13-20(22)23)14-16-8-4-2-5-9-16/h2-11,18-19,21H,12-15H2,1H3,(H,22,23). The second kappa shape index (κ2) is 10.2. The van der Waals surface area contributed by atoms with Crippen molar-refractivity contribution >= 4 is 16.0 Å². The van der Waals surface area contributed by atoms with E-state index < -0.39 is 28.1 Å². The highest BCUT2D eigenvalue weighted by Crippen LogP contribution is 2.19. The number of aliphatic carboxylic acids is 1. The third kappa shape index (κ3) is 7.50. The Labute approximate surface area is 160 Å². The average molecular weight is 391 g/mol. The molecule has 0 radical (unpaired) electrons. The summed E-state index contributed by atoms with van der Waals surface area (Å²) in [6.45, 7) is 0. The zero-order valence-corrected chi connectivity index (χ0v) is 16.1. The molecule has 27 heavy (non-hydrogen) atoms. The molecule has 2 aromatic carbocycles. The molecular weight excluding hydrogens is 366 g/mol. The summed E-state index contributed by atoms with van der Waals surface area (Å²) in [6.07, 6.45) is -0.0598. The smallest absolute Gasteiger partial charge is 0.303 e. The number of carboxylic acids is 1. The largest absolute Gasteiger partial charge is 0.481 e. The third-order valence-corrected chi connectivity index (χ3v) is 5.64. The summed E-state index contributed by atoms with van der Waals surface area (Å²) in [7, 11) is -2.20. The van der Waals surface area contributed by atoms with Gasteiger partial charge >= 0.3 is 5.97 Å². The van der Waals surface area contributed by atoms with Crippen molar-refractivity contribution in [1.82, 2.24) is 4.72 Å². The monoisotopic (exact) mass is 391 g/mol. The van der Waals surface area contributed by atoms with Crippen molar-refractivity contribution in [1.29, 1.82) is 0 Å². The second-order valence-electron chi connectivity index (χ2n) is 6.35. The van der Waals surface area contributed by atoms with Gasteiger partial charge in [0.1, 0.15) is 0 Å². The van der Waals surface area contributed by atoms with Gasteiger partial charge in [0.05, 0.1) is 11.9 Å². The lowest BCUT2D eigenvalue weighted by molar-refractivity contribution is -0.137. The zero-order valence-electron chi connectivity index (χ0n) is 15.2. The van der Waals surface area contributed by atoms with E-state index in [1.54, 1.807) is 0 Å². The SMILES string of the molecule is COC(CS(=O)(=O)NC(CCC(=O)O)Cc1ccccc1)c1ccccc1. The Kier molecular flexibility index (Phi) is 7.97. The normalized spacial score (nSPS) is 13.8. The maximum atomic E-state index is 12.7. The van der Waals surface area contributed by atoms with Crippen LogP contribution in [-0.2, 0) is 26.0 Å². The van der Waals surface area contributed by atoms with Crippen molar-refractivity contribution in [2.75, 3.05) is 12.9 Å². The fraction of sp³-hybridized carbons (Fsp3) is 0.350. The lowest BCUT2D eigenvalue weighted by Crippen LogP contribution is -2.39. The van der Waals surface area contributed by atoms with E-state index in [2.05, 4.69) is 4.72 Å². The van der Waals surface area contributed by atoms with Crippen molar-refractivity contribution in [3.8, 4) is 0 Å². The fourth-order valence-electron chi connectivity index (χ4n) is 2.87. The number of benzene rings is 2. The third-order valence-electron chi connectivity index (χ3n) is 4.20. The summed E-state index contributed by atoms with van der Waals surface area (Å²) in [5, 5.41) is 8.96. The molecule has 0 fully saturated rings. The minimum absolute atomic E-state index is 0.105. The highest BCUT2D eigenvalue weighted by atomic mass is 32.2. The number of sulfonamides is 1. The van der Waals surface area contributed by atoms with Crippen molar-refractivity contribution in [3.05, 3.63) is 71.8 Å². The van der Waals surface area contributed by atoms with Crippen LogP contribution in [0.2, 0.25) is 0 Å². The highest BCUT2D eigenvalue weighted by molar-refractivity contribution is 7.89. The van der Waals surface area contributed by atoms with Crippen molar-refractivity contribution in [2.45, 2.75) is 31.4 Å². The van der Waals surface area contributed by atoms with E-state index in [1.807, 2.05) is 60.7 Å². The lowest BCUT2D eigenvalue weighted by Gasteiger charge is -2.21. The number of nitrogens with one attached hydrogen (secondary N) is 1. The summed E-state index contributed by atoms with van der Waals surface area (Å²) in [6, 6.07) is 18.0. The number of hydrogen-bond acceptors (Lipinski definition) is 4. The van der Waals surface area contributed by atoms with Crippen molar-refractivity contribution < 1.29 is 23.1 Å². The van der Waals surface area contributed by atoms with Crippen molar-refractivity contribution in [2.24, 2.45) is 0 Å². The van der Waals surface area contributed by atoms with Crippen LogP contribution in [0.25, 0.3) is 0 Å². The van der Waals surface area contributed by atoms with Crippen LogP contribution in [0, 0.1) is 0 Å². The van der Waals surface area contributed by atoms with E-state index >= 15 is 0 Å². The van der Waals surface area contributed by atoms with Gasteiger partial charge in [0.15, 0.2) is 0 Å². The summed E-state index contributed by atoms with van der Waals surface area (Å²) < 4.78 is 33.4. The molecule has 2 aromatic rings. The molecular formula is C20H25NO5S. The first kappa shape index (κ1) is 21.1. The fourth-order valence-corrected chi connectivity index (χ4v) is 4.40. The number of methoxy groups -OCH3 is 1. The molecule has 0 aliphatic rings. The molecule has 0 amide bonds. The van der Waals surface area contributed by atoms with E-state index in [0.717, 1.165) is 11.1 Å². The number of carbonyl (C=O) groups is 1. The van der Waals surface area contributed by atoms with Crippen LogP contribution in [0.5, 0.6) is 0 Å². The van der Waals surface area contributed by atoms with Crippen LogP contribution >= 0.6 is 0 Å². The molecule has 0 aliphatic carbocycles. The second-order valence-corrected chi connectivity index (χ2v) is 8.15. The van der Waals surface area contributed by atoms with Crippen LogP contribution in [0.15, 0.2) is 60.7 Å². The molecule has 0 saturated heterocycles. The molecule has 0 aliphatic heterocycles. The molecule has 7 heteroatoms. The molecule has 2 N–H and O–H groups in total. The quantitative estimate of drug-likeness (QED) is 0.614. The van der Waals surface area contributed by atoms with E-state index in [1.165, 1.54) is 7.11 Å². The molecule has 146 valence electrons. The number of carboxylic acid groups (broad SMARTS) is 1. The molecule has 0 bridgehead atoms. The van der Waals surface area contributed by atoms with E-state index in [0.29, 0.717) is 6.42 Å². The summed E-state index contributed by atoms with van der Waals surface area (Å²) in [5.74, 6) is -1.18. The first-order valence-electron chi connectivity index (χ1n) is 8.73. The van der Waals surface area contributed by atoms with E-state index in [9.17, 15) is 13.2 Å². The molecule has 0 spiro atoms. The number of hydrogen-bond donors (Lipinski definition) is 2. The Bertz CT molecular complexity index is 809. The van der Waals surface area contributed by atoms with Gasteiger partial charge in [-0.15, -0.1) is 0 Å². The molecule has 0 heterocycles. The van der Waals surface area contributed by atoms with Gasteiger partial charge in [-0.25, -0.2) is 13.1 Å². The molecule has 2 atom stereocenters. The minimum Gasteiger partial charge on any atom is -0.481 e. The number of rotatable bonds is 11. The van der Waals surface area contributed by atoms with Crippen LogP contribution in [-0.4, -0.2) is 38.4 Å². The molecule has 2 unspecified atom stereocenters. The predicted octanol–water partition coefficient (Wildman–Crippen LogP) is 2.77. The van der Waals surface area contributed by atoms with Crippen LogP contribution in [0.1, 0.15) is 30.1 Å². The topological polar surface area (TPSA) is 92.7 Å². The van der Waals surface area contributed by atoms with Gasteiger partial charge in [-0.2, -0.15) is 0 Å². The first-order valence-corrected chi connectivity index (χ1v) is 10.4. The van der Waals surface area contributed by atoms with Gasteiger partial charge in [0.25, 0.3) is 0 Å². The molecule has 0 aromatic heterocycles. The molecule has 6 nitrogen and oxygen atoms in total. The Morgan fingerprint density at radius 2 is 1.67 bits per heavy atom. The number of ether oxygens (including phenoxy) is 1. The zero-order chi connectivity index (χ0) is 19.7.